The lowest BCUT2D eigenvalue weighted by atomic mass is 9.82. The van der Waals surface area contributed by atoms with Crippen molar-refractivity contribution in [3.05, 3.63) is 12.2 Å². The maximum Gasteiger partial charge on any atom is 0.309 e. The minimum atomic E-state index is -1.50. The Kier molecular flexibility index (Phi) is 18.3. The Bertz CT molecular complexity index is 1310. The number of aliphatic hydroxyl groups is 3. The minimum Gasteiger partial charge on any atom is -0.462 e. The number of aldehydes is 1. The van der Waals surface area contributed by atoms with Gasteiger partial charge in [-0.15, -0.1) is 0 Å². The van der Waals surface area contributed by atoms with E-state index in [4.69, 9.17) is 37.9 Å². The third kappa shape index (κ3) is 13.2. The highest BCUT2D eigenvalue weighted by atomic mass is 16.7. The number of hydrogen-bond acceptors (Lipinski definition) is 16. The second kappa shape index (κ2) is 21.5. The standard InChI is InChI=1S/C40H67NO15/c1-21(2)17-30(45)54-38-25(6)51-32(20-40(38,8)48)55-35-24(5)52-39(34(47)33(35)41(9)10)56-36-27(15-16-42)18-22(3)28(44)14-12-13-23(4)50-31(46)19-29(37(36)49-11)53-26(7)43/h12,14,16,21-25,27-29,32-39,44,47-48H,13,15,17-20H2,1-11H3/b14-12+/t22-,23-,24-,25+,27+,28+,29-,32+,33-,34-,35-,36+,37+,38+,39+,40-/m1/s1. The number of likely N-dealkylation sites (N-methyl/N-ethyl adjacent to an activating group) is 1. The number of ether oxygens (including phenoxy) is 8. The predicted molar refractivity (Wildman–Crippen MR) is 201 cm³/mol. The second-order valence-corrected chi connectivity index (χ2v) is 16.6. The van der Waals surface area contributed by atoms with Crippen LogP contribution in [0.1, 0.15) is 93.9 Å². The van der Waals surface area contributed by atoms with E-state index in [0.29, 0.717) is 12.7 Å². The Balaban J connectivity index is 1.95. The molecule has 0 aliphatic carbocycles. The fourth-order valence-electron chi connectivity index (χ4n) is 7.96. The number of methoxy groups -OCH3 is 1. The summed E-state index contributed by atoms with van der Waals surface area (Å²) in [5.74, 6) is -2.78. The lowest BCUT2D eigenvalue weighted by molar-refractivity contribution is -0.344. The molecule has 0 aromatic carbocycles. The van der Waals surface area contributed by atoms with Crippen LogP contribution in [0.2, 0.25) is 0 Å². The maximum atomic E-state index is 13.1. The summed E-state index contributed by atoms with van der Waals surface area (Å²) in [7, 11) is 4.86. The molecule has 322 valence electrons. The lowest BCUT2D eigenvalue weighted by Crippen LogP contribution is -2.66. The van der Waals surface area contributed by atoms with Crippen molar-refractivity contribution >= 4 is 24.2 Å². The van der Waals surface area contributed by atoms with Crippen molar-refractivity contribution in [3.63, 3.8) is 0 Å². The van der Waals surface area contributed by atoms with Gasteiger partial charge in [0.25, 0.3) is 0 Å². The van der Waals surface area contributed by atoms with E-state index in [9.17, 15) is 34.5 Å². The van der Waals surface area contributed by atoms with Gasteiger partial charge in [0, 0.05) is 39.7 Å². The van der Waals surface area contributed by atoms with Gasteiger partial charge in [-0.1, -0.05) is 32.9 Å². The molecule has 2 fully saturated rings. The summed E-state index contributed by atoms with van der Waals surface area (Å²) >= 11 is 0. The van der Waals surface area contributed by atoms with Crippen molar-refractivity contribution in [1.82, 2.24) is 4.90 Å². The van der Waals surface area contributed by atoms with Gasteiger partial charge in [0.15, 0.2) is 18.7 Å². The van der Waals surface area contributed by atoms with Crippen LogP contribution in [0.15, 0.2) is 12.2 Å². The summed E-state index contributed by atoms with van der Waals surface area (Å²) < 4.78 is 48.4. The molecule has 56 heavy (non-hydrogen) atoms. The molecule has 0 unspecified atom stereocenters. The average Bonchev–Trinajstić information content (AvgIpc) is 3.06. The van der Waals surface area contributed by atoms with Crippen molar-refractivity contribution in [2.75, 3.05) is 21.2 Å². The molecule has 2 saturated heterocycles. The van der Waals surface area contributed by atoms with Crippen molar-refractivity contribution in [2.45, 2.75) is 179 Å². The molecule has 0 aromatic rings. The molecule has 16 heteroatoms. The van der Waals surface area contributed by atoms with Crippen molar-refractivity contribution < 1.29 is 72.4 Å². The molecule has 0 amide bonds. The first kappa shape index (κ1) is 47.8. The first-order valence-electron chi connectivity index (χ1n) is 19.7. The minimum absolute atomic E-state index is 0.0424. The van der Waals surface area contributed by atoms with Crippen LogP contribution in [-0.4, -0.2) is 151 Å². The quantitative estimate of drug-likeness (QED) is 0.112. The molecule has 0 aromatic heterocycles. The normalized spacial score (nSPS) is 41.0. The number of carbonyl (C=O) groups excluding carboxylic acids is 4. The molecule has 3 aliphatic heterocycles. The Morgan fingerprint density at radius 2 is 1.71 bits per heavy atom. The Morgan fingerprint density at radius 3 is 2.29 bits per heavy atom. The van der Waals surface area contributed by atoms with Crippen LogP contribution in [-0.2, 0) is 57.1 Å². The Morgan fingerprint density at radius 1 is 1.04 bits per heavy atom. The summed E-state index contributed by atoms with van der Waals surface area (Å²) in [4.78, 5) is 52.0. The van der Waals surface area contributed by atoms with Gasteiger partial charge in [0.2, 0.25) is 0 Å². The molecule has 3 rings (SSSR count). The van der Waals surface area contributed by atoms with E-state index in [2.05, 4.69) is 0 Å². The zero-order chi connectivity index (χ0) is 42.1. The zero-order valence-electron chi connectivity index (χ0n) is 34.9. The number of nitrogens with zero attached hydrogens (tertiary/aromatic N) is 1. The predicted octanol–water partition coefficient (Wildman–Crippen LogP) is 2.46. The molecule has 0 bridgehead atoms. The van der Waals surface area contributed by atoms with Crippen LogP contribution in [0.3, 0.4) is 0 Å². The number of aliphatic hydroxyl groups excluding tert-OH is 2. The van der Waals surface area contributed by atoms with Gasteiger partial charge in [0.1, 0.15) is 42.4 Å². The van der Waals surface area contributed by atoms with Gasteiger partial charge in [0.05, 0.1) is 36.9 Å². The largest absolute Gasteiger partial charge is 0.462 e. The van der Waals surface area contributed by atoms with E-state index in [1.165, 1.54) is 14.0 Å². The van der Waals surface area contributed by atoms with Crippen LogP contribution in [0.5, 0.6) is 0 Å². The van der Waals surface area contributed by atoms with Gasteiger partial charge >= 0.3 is 17.9 Å². The van der Waals surface area contributed by atoms with Gasteiger partial charge in [-0.05, 0) is 66.0 Å². The average molecular weight is 802 g/mol. The molecule has 0 saturated carbocycles. The van der Waals surface area contributed by atoms with Gasteiger partial charge in [-0.2, -0.15) is 0 Å². The second-order valence-electron chi connectivity index (χ2n) is 16.6. The van der Waals surface area contributed by atoms with E-state index in [0.717, 1.165) is 0 Å². The zero-order valence-corrected chi connectivity index (χ0v) is 34.9. The molecular formula is C40H67NO15. The van der Waals surface area contributed by atoms with Crippen molar-refractivity contribution in [2.24, 2.45) is 17.8 Å². The molecule has 3 aliphatic rings. The van der Waals surface area contributed by atoms with Gasteiger partial charge in [-0.3, -0.25) is 14.4 Å². The van der Waals surface area contributed by atoms with E-state index < -0.39 is 109 Å². The summed E-state index contributed by atoms with van der Waals surface area (Å²) in [5, 5.41) is 34.5. The Hall–Kier alpha value is -2.54. The SMILES string of the molecule is CO[C@@H]1[C@@H](O[C@@H]2O[C@H](C)[C@@H](O[C@H]3C[C@@](C)(O)[C@@H](OC(=O)CC(C)C)[C@H](C)O3)[C@H](N(C)C)[C@H]2O)[C@@H](CC=O)C[C@@H](C)[C@@H](O)/C=C/C[C@@H](C)OC(=O)C[C@H]1OC(C)=O. The molecular weight excluding hydrogens is 734 g/mol. The van der Waals surface area contributed by atoms with E-state index in [1.807, 2.05) is 20.8 Å². The topological polar surface area (TPSA) is 206 Å². The highest BCUT2D eigenvalue weighted by Gasteiger charge is 2.53. The summed E-state index contributed by atoms with van der Waals surface area (Å²) in [5.41, 5.74) is -1.50. The van der Waals surface area contributed by atoms with Gasteiger partial charge < -0.3 is 62.9 Å². The molecule has 3 N–H and O–H groups in total. The smallest absolute Gasteiger partial charge is 0.309 e. The van der Waals surface area contributed by atoms with Crippen molar-refractivity contribution in [1.29, 1.82) is 0 Å². The van der Waals surface area contributed by atoms with Crippen molar-refractivity contribution in [3.8, 4) is 0 Å². The number of hydrogen-bond donors (Lipinski definition) is 3. The third-order valence-electron chi connectivity index (χ3n) is 10.7. The van der Waals surface area contributed by atoms with Crippen LogP contribution in [0.25, 0.3) is 0 Å². The Labute approximate surface area is 331 Å². The first-order valence-corrected chi connectivity index (χ1v) is 19.7. The van der Waals surface area contributed by atoms with E-state index in [-0.39, 0.29) is 43.9 Å². The molecule has 16 nitrogen and oxygen atoms in total. The maximum absolute atomic E-state index is 13.1. The van der Waals surface area contributed by atoms with Crippen LogP contribution >= 0.6 is 0 Å². The van der Waals surface area contributed by atoms with Crippen LogP contribution in [0.4, 0.5) is 0 Å². The lowest BCUT2D eigenvalue weighted by Gasteiger charge is -2.50. The van der Waals surface area contributed by atoms with E-state index in [1.54, 1.807) is 58.8 Å². The first-order chi connectivity index (χ1) is 26.2. The van der Waals surface area contributed by atoms with Crippen LogP contribution < -0.4 is 0 Å². The van der Waals surface area contributed by atoms with Crippen LogP contribution in [0, 0.1) is 17.8 Å². The number of rotatable bonds is 12. The summed E-state index contributed by atoms with van der Waals surface area (Å²) in [6.45, 7) is 13.5. The molecule has 0 spiro atoms. The fourth-order valence-corrected chi connectivity index (χ4v) is 7.96. The number of cyclic esters (lactones) is 1. The van der Waals surface area contributed by atoms with E-state index >= 15 is 0 Å². The third-order valence-corrected chi connectivity index (χ3v) is 10.7. The number of carbonyl (C=O) groups is 4. The molecule has 16 atom stereocenters. The molecule has 3 heterocycles. The highest BCUT2D eigenvalue weighted by Crippen LogP contribution is 2.38. The molecule has 0 radical (unpaired) electrons. The number of esters is 3. The monoisotopic (exact) mass is 801 g/mol. The highest BCUT2D eigenvalue weighted by molar-refractivity contribution is 5.72. The fraction of sp³-hybridized carbons (Fsp3) is 0.850. The summed E-state index contributed by atoms with van der Waals surface area (Å²) in [6.07, 6.45) is -7.55. The summed E-state index contributed by atoms with van der Waals surface area (Å²) in [6, 6.07) is -0.773. The van der Waals surface area contributed by atoms with Gasteiger partial charge in [-0.25, -0.2) is 0 Å².